The summed E-state index contributed by atoms with van der Waals surface area (Å²) in [4.78, 5) is 0. The Labute approximate surface area is 111 Å². The third-order valence-electron chi connectivity index (χ3n) is 4.89. The molecule has 1 heteroatoms. The van der Waals surface area contributed by atoms with Crippen LogP contribution in [0.5, 0.6) is 0 Å². The summed E-state index contributed by atoms with van der Waals surface area (Å²) in [5, 5.41) is 3.98. The summed E-state index contributed by atoms with van der Waals surface area (Å²) in [6.07, 6.45) is 6.91. The number of hydrogen-bond donors (Lipinski definition) is 1. The first-order valence-electron chi connectivity index (χ1n) is 7.48. The number of benzene rings is 1. The highest BCUT2D eigenvalue weighted by molar-refractivity contribution is 5.21. The standard InChI is InChI=1S/C17H25N/c1-17(2)12-6-9-15(17)18-16(14-10-11-14)13-7-4-3-5-8-13/h3-5,7-8,14-16,18H,6,9-12H2,1-2H3. The van der Waals surface area contributed by atoms with Crippen LogP contribution in [0, 0.1) is 11.3 Å². The molecule has 98 valence electrons. The topological polar surface area (TPSA) is 12.0 Å². The van der Waals surface area contributed by atoms with Crippen LogP contribution in [0.3, 0.4) is 0 Å². The molecule has 0 aliphatic heterocycles. The van der Waals surface area contributed by atoms with E-state index in [4.69, 9.17) is 0 Å². The summed E-state index contributed by atoms with van der Waals surface area (Å²) < 4.78 is 0. The SMILES string of the molecule is CC1(C)CCCC1NC(c1ccccc1)C1CC1. The van der Waals surface area contributed by atoms with Crippen LogP contribution >= 0.6 is 0 Å². The van der Waals surface area contributed by atoms with Crippen LogP contribution in [0.15, 0.2) is 30.3 Å². The van der Waals surface area contributed by atoms with Gasteiger partial charge in [-0.3, -0.25) is 0 Å². The predicted molar refractivity (Wildman–Crippen MR) is 76.5 cm³/mol. The van der Waals surface area contributed by atoms with E-state index in [-0.39, 0.29) is 0 Å². The Kier molecular flexibility index (Phi) is 3.19. The van der Waals surface area contributed by atoms with Crippen molar-refractivity contribution < 1.29 is 0 Å². The lowest BCUT2D eigenvalue weighted by Crippen LogP contribution is -2.40. The quantitative estimate of drug-likeness (QED) is 0.831. The minimum Gasteiger partial charge on any atom is -0.306 e. The molecule has 0 bridgehead atoms. The zero-order valence-corrected chi connectivity index (χ0v) is 11.7. The summed E-state index contributed by atoms with van der Waals surface area (Å²) in [5.74, 6) is 0.879. The first kappa shape index (κ1) is 12.2. The van der Waals surface area contributed by atoms with Crippen molar-refractivity contribution in [2.45, 2.75) is 58.0 Å². The molecule has 0 saturated heterocycles. The lowest BCUT2D eigenvalue weighted by Gasteiger charge is -2.32. The van der Waals surface area contributed by atoms with Crippen LogP contribution in [0.2, 0.25) is 0 Å². The van der Waals surface area contributed by atoms with E-state index in [1.165, 1.54) is 37.7 Å². The fraction of sp³-hybridized carbons (Fsp3) is 0.647. The van der Waals surface area contributed by atoms with Crippen LogP contribution < -0.4 is 5.32 Å². The second kappa shape index (κ2) is 4.70. The number of nitrogens with one attached hydrogen (secondary N) is 1. The smallest absolute Gasteiger partial charge is 0.0351 e. The summed E-state index contributed by atoms with van der Waals surface area (Å²) in [7, 11) is 0. The molecular weight excluding hydrogens is 218 g/mol. The molecule has 2 fully saturated rings. The lowest BCUT2D eigenvalue weighted by molar-refractivity contribution is 0.252. The summed E-state index contributed by atoms with van der Waals surface area (Å²) in [5.41, 5.74) is 1.96. The van der Waals surface area contributed by atoms with E-state index in [0.717, 1.165) is 5.92 Å². The van der Waals surface area contributed by atoms with Gasteiger partial charge in [-0.1, -0.05) is 50.6 Å². The van der Waals surface area contributed by atoms with Gasteiger partial charge in [0.05, 0.1) is 0 Å². The maximum Gasteiger partial charge on any atom is 0.0351 e. The van der Waals surface area contributed by atoms with Crippen molar-refractivity contribution in [1.82, 2.24) is 5.32 Å². The molecule has 2 atom stereocenters. The van der Waals surface area contributed by atoms with Gasteiger partial charge in [0.15, 0.2) is 0 Å². The van der Waals surface area contributed by atoms with Crippen molar-refractivity contribution in [3.8, 4) is 0 Å². The van der Waals surface area contributed by atoms with Gasteiger partial charge >= 0.3 is 0 Å². The second-order valence-electron chi connectivity index (χ2n) is 6.83. The minimum absolute atomic E-state index is 0.474. The molecule has 2 saturated carbocycles. The van der Waals surface area contributed by atoms with Crippen molar-refractivity contribution in [1.29, 1.82) is 0 Å². The van der Waals surface area contributed by atoms with Crippen molar-refractivity contribution in [3.05, 3.63) is 35.9 Å². The molecular formula is C17H25N. The van der Waals surface area contributed by atoms with Crippen molar-refractivity contribution >= 4 is 0 Å². The first-order valence-corrected chi connectivity index (χ1v) is 7.48. The Balaban J connectivity index is 1.75. The van der Waals surface area contributed by atoms with Crippen LogP contribution in [-0.2, 0) is 0 Å². The molecule has 0 heterocycles. The highest BCUT2D eigenvalue weighted by Crippen LogP contribution is 2.44. The zero-order valence-electron chi connectivity index (χ0n) is 11.7. The van der Waals surface area contributed by atoms with Crippen LogP contribution in [-0.4, -0.2) is 6.04 Å². The highest BCUT2D eigenvalue weighted by Gasteiger charge is 2.39. The van der Waals surface area contributed by atoms with Crippen LogP contribution in [0.1, 0.15) is 57.6 Å². The summed E-state index contributed by atoms with van der Waals surface area (Å²) >= 11 is 0. The van der Waals surface area contributed by atoms with Crippen LogP contribution in [0.4, 0.5) is 0 Å². The second-order valence-corrected chi connectivity index (χ2v) is 6.83. The van der Waals surface area contributed by atoms with Crippen molar-refractivity contribution in [3.63, 3.8) is 0 Å². The van der Waals surface area contributed by atoms with Gasteiger partial charge in [-0.25, -0.2) is 0 Å². The maximum absolute atomic E-state index is 3.98. The fourth-order valence-corrected chi connectivity index (χ4v) is 3.45. The molecule has 1 aromatic carbocycles. The summed E-state index contributed by atoms with van der Waals surface area (Å²) in [6, 6.07) is 12.3. The van der Waals surface area contributed by atoms with Gasteiger partial charge in [-0.2, -0.15) is 0 Å². The third kappa shape index (κ3) is 2.47. The third-order valence-corrected chi connectivity index (χ3v) is 4.89. The summed E-state index contributed by atoms with van der Waals surface area (Å²) in [6.45, 7) is 4.85. The van der Waals surface area contributed by atoms with E-state index in [0.29, 0.717) is 17.5 Å². The van der Waals surface area contributed by atoms with E-state index in [9.17, 15) is 0 Å². The molecule has 0 aromatic heterocycles. The molecule has 2 aliphatic carbocycles. The highest BCUT2D eigenvalue weighted by atomic mass is 15.0. The molecule has 0 radical (unpaired) electrons. The molecule has 1 nitrogen and oxygen atoms in total. The molecule has 2 aliphatic rings. The molecule has 0 spiro atoms. The van der Waals surface area contributed by atoms with Gasteiger partial charge < -0.3 is 5.32 Å². The van der Waals surface area contributed by atoms with E-state index in [1.54, 1.807) is 0 Å². The average Bonchev–Trinajstić information content (AvgIpc) is 3.13. The molecule has 1 aromatic rings. The van der Waals surface area contributed by atoms with Gasteiger partial charge in [-0.15, -0.1) is 0 Å². The Hall–Kier alpha value is -0.820. The van der Waals surface area contributed by atoms with Crippen molar-refractivity contribution in [2.24, 2.45) is 11.3 Å². The number of hydrogen-bond acceptors (Lipinski definition) is 1. The number of rotatable bonds is 4. The predicted octanol–water partition coefficient (Wildman–Crippen LogP) is 4.31. The van der Waals surface area contributed by atoms with E-state index >= 15 is 0 Å². The van der Waals surface area contributed by atoms with Gasteiger partial charge in [0.25, 0.3) is 0 Å². The van der Waals surface area contributed by atoms with E-state index < -0.39 is 0 Å². The van der Waals surface area contributed by atoms with Gasteiger partial charge in [0.1, 0.15) is 0 Å². The van der Waals surface area contributed by atoms with Gasteiger partial charge in [0.2, 0.25) is 0 Å². The molecule has 1 N–H and O–H groups in total. The Morgan fingerprint density at radius 1 is 1.11 bits per heavy atom. The normalized spacial score (nSPS) is 28.2. The fourth-order valence-electron chi connectivity index (χ4n) is 3.45. The monoisotopic (exact) mass is 243 g/mol. The minimum atomic E-state index is 0.474. The Morgan fingerprint density at radius 2 is 1.83 bits per heavy atom. The lowest BCUT2D eigenvalue weighted by atomic mass is 9.86. The molecule has 0 amide bonds. The average molecular weight is 243 g/mol. The van der Waals surface area contributed by atoms with Crippen LogP contribution in [0.25, 0.3) is 0 Å². The zero-order chi connectivity index (χ0) is 12.6. The first-order chi connectivity index (χ1) is 8.67. The van der Waals surface area contributed by atoms with Crippen molar-refractivity contribution in [2.75, 3.05) is 0 Å². The Bertz CT molecular complexity index is 391. The van der Waals surface area contributed by atoms with E-state index in [2.05, 4.69) is 49.5 Å². The van der Waals surface area contributed by atoms with Gasteiger partial charge in [0, 0.05) is 12.1 Å². The molecule has 2 unspecified atom stereocenters. The maximum atomic E-state index is 3.98. The van der Waals surface area contributed by atoms with Gasteiger partial charge in [-0.05, 0) is 42.6 Å². The largest absolute Gasteiger partial charge is 0.306 e. The Morgan fingerprint density at radius 3 is 2.39 bits per heavy atom. The molecule has 18 heavy (non-hydrogen) atoms. The van der Waals surface area contributed by atoms with E-state index in [1.807, 2.05) is 0 Å². The molecule has 3 rings (SSSR count).